The zero-order chi connectivity index (χ0) is 15.5. The van der Waals surface area contributed by atoms with Gasteiger partial charge in [-0.1, -0.05) is 5.11 Å². The molecule has 0 radical (unpaired) electrons. The first-order valence-electron chi connectivity index (χ1n) is 6.88. The van der Waals surface area contributed by atoms with Crippen LogP contribution in [-0.4, -0.2) is 49.4 Å². The molecule has 8 nitrogen and oxygen atoms in total. The average Bonchev–Trinajstić information content (AvgIpc) is 2.97. The van der Waals surface area contributed by atoms with Gasteiger partial charge in [0.15, 0.2) is 0 Å². The standard InChI is InChI=1S/C14H16N6O2/c1-21-12-8-20(7-10(12)18-19-15)11-5-6-16-9-3-4-13(22-2)17-14(9)11/h3-6,10,12H,7-8H2,1-2H3/t10-,12-/m0/s1. The second-order valence-electron chi connectivity index (χ2n) is 5.00. The molecule has 8 heteroatoms. The van der Waals surface area contributed by atoms with Crippen LogP contribution in [0.2, 0.25) is 0 Å². The molecule has 0 saturated carbocycles. The molecule has 1 aliphatic heterocycles. The third-order valence-electron chi connectivity index (χ3n) is 3.83. The molecule has 0 unspecified atom stereocenters. The van der Waals surface area contributed by atoms with E-state index in [1.54, 1.807) is 26.5 Å². The molecule has 1 fully saturated rings. The van der Waals surface area contributed by atoms with Gasteiger partial charge >= 0.3 is 0 Å². The normalized spacial score (nSPS) is 20.9. The maximum atomic E-state index is 8.68. The fourth-order valence-corrected chi connectivity index (χ4v) is 2.72. The number of azide groups is 1. The van der Waals surface area contributed by atoms with Crippen LogP contribution in [0, 0.1) is 0 Å². The first-order valence-corrected chi connectivity index (χ1v) is 6.88. The van der Waals surface area contributed by atoms with Crippen LogP contribution in [-0.2, 0) is 4.74 Å². The van der Waals surface area contributed by atoms with Crippen molar-refractivity contribution in [2.24, 2.45) is 5.11 Å². The molecule has 114 valence electrons. The number of fused-ring (bicyclic) bond motifs is 1. The third-order valence-corrected chi connectivity index (χ3v) is 3.83. The molecule has 0 spiro atoms. The summed E-state index contributed by atoms with van der Waals surface area (Å²) >= 11 is 0. The van der Waals surface area contributed by atoms with Crippen molar-refractivity contribution in [3.63, 3.8) is 0 Å². The monoisotopic (exact) mass is 300 g/mol. The number of methoxy groups -OCH3 is 2. The molecular weight excluding hydrogens is 284 g/mol. The van der Waals surface area contributed by atoms with E-state index >= 15 is 0 Å². The topological polar surface area (TPSA) is 96.2 Å². The number of ether oxygens (including phenoxy) is 2. The lowest BCUT2D eigenvalue weighted by molar-refractivity contribution is 0.108. The van der Waals surface area contributed by atoms with E-state index in [1.807, 2.05) is 12.1 Å². The predicted octanol–water partition coefficient (Wildman–Crippen LogP) is 2.15. The molecule has 2 aromatic heterocycles. The van der Waals surface area contributed by atoms with Crippen molar-refractivity contribution in [1.82, 2.24) is 9.97 Å². The summed E-state index contributed by atoms with van der Waals surface area (Å²) in [4.78, 5) is 13.8. The highest BCUT2D eigenvalue weighted by Crippen LogP contribution is 2.29. The van der Waals surface area contributed by atoms with E-state index < -0.39 is 0 Å². The van der Waals surface area contributed by atoms with Crippen LogP contribution in [0.4, 0.5) is 5.69 Å². The molecule has 1 saturated heterocycles. The van der Waals surface area contributed by atoms with Crippen molar-refractivity contribution >= 4 is 16.7 Å². The molecule has 22 heavy (non-hydrogen) atoms. The van der Waals surface area contributed by atoms with Gasteiger partial charge in [-0.15, -0.1) is 0 Å². The van der Waals surface area contributed by atoms with Gasteiger partial charge in [0.25, 0.3) is 0 Å². The molecule has 0 amide bonds. The number of anilines is 1. The minimum absolute atomic E-state index is 0.135. The van der Waals surface area contributed by atoms with Gasteiger partial charge in [0, 0.05) is 37.4 Å². The highest BCUT2D eigenvalue weighted by atomic mass is 16.5. The van der Waals surface area contributed by atoms with Gasteiger partial charge in [-0.25, -0.2) is 4.98 Å². The van der Waals surface area contributed by atoms with Crippen LogP contribution in [0.5, 0.6) is 5.88 Å². The van der Waals surface area contributed by atoms with Crippen molar-refractivity contribution in [1.29, 1.82) is 0 Å². The Labute approximate surface area is 127 Å². The van der Waals surface area contributed by atoms with E-state index in [9.17, 15) is 0 Å². The Morgan fingerprint density at radius 2 is 2.18 bits per heavy atom. The Morgan fingerprint density at radius 1 is 1.32 bits per heavy atom. The summed E-state index contributed by atoms with van der Waals surface area (Å²) in [7, 11) is 3.21. The molecule has 3 rings (SSSR count). The van der Waals surface area contributed by atoms with Crippen molar-refractivity contribution < 1.29 is 9.47 Å². The number of rotatable bonds is 4. The molecular formula is C14H16N6O2. The van der Waals surface area contributed by atoms with Gasteiger partial charge < -0.3 is 14.4 Å². The summed E-state index contributed by atoms with van der Waals surface area (Å²) in [6.45, 7) is 1.22. The molecule has 3 heterocycles. The van der Waals surface area contributed by atoms with Crippen molar-refractivity contribution in [3.05, 3.63) is 34.8 Å². The van der Waals surface area contributed by atoms with Gasteiger partial charge in [-0.3, -0.25) is 4.98 Å². The summed E-state index contributed by atoms with van der Waals surface area (Å²) in [5.41, 5.74) is 11.2. The van der Waals surface area contributed by atoms with Crippen LogP contribution in [0.3, 0.4) is 0 Å². The predicted molar refractivity (Wildman–Crippen MR) is 82.0 cm³/mol. The van der Waals surface area contributed by atoms with Crippen LogP contribution in [0.25, 0.3) is 21.5 Å². The molecule has 0 bridgehead atoms. The van der Waals surface area contributed by atoms with E-state index in [2.05, 4.69) is 24.9 Å². The van der Waals surface area contributed by atoms with Gasteiger partial charge in [0.1, 0.15) is 5.52 Å². The molecule has 2 aromatic rings. The number of nitrogens with zero attached hydrogens (tertiary/aromatic N) is 6. The third kappa shape index (κ3) is 2.49. The Kier molecular flexibility index (Phi) is 3.95. The minimum atomic E-state index is -0.219. The van der Waals surface area contributed by atoms with Crippen LogP contribution in [0.15, 0.2) is 29.5 Å². The molecule has 0 aliphatic carbocycles. The first kappa shape index (κ1) is 14.4. The van der Waals surface area contributed by atoms with Gasteiger partial charge in [0.2, 0.25) is 5.88 Å². The highest BCUT2D eigenvalue weighted by Gasteiger charge is 2.33. The Bertz CT molecular complexity index is 730. The molecule has 0 aromatic carbocycles. The van der Waals surface area contributed by atoms with E-state index in [1.165, 1.54) is 0 Å². The van der Waals surface area contributed by atoms with Gasteiger partial charge in [-0.2, -0.15) is 0 Å². The highest BCUT2D eigenvalue weighted by molar-refractivity contribution is 5.88. The van der Waals surface area contributed by atoms with Crippen molar-refractivity contribution in [3.8, 4) is 5.88 Å². The maximum Gasteiger partial charge on any atom is 0.213 e. The molecule has 0 N–H and O–H groups in total. The van der Waals surface area contributed by atoms with E-state index in [4.69, 9.17) is 15.0 Å². The summed E-state index contributed by atoms with van der Waals surface area (Å²) in [5, 5.41) is 3.82. The Morgan fingerprint density at radius 3 is 2.91 bits per heavy atom. The Balaban J connectivity index is 2.01. The van der Waals surface area contributed by atoms with Crippen LogP contribution >= 0.6 is 0 Å². The summed E-state index contributed by atoms with van der Waals surface area (Å²) in [5.74, 6) is 0.538. The average molecular weight is 300 g/mol. The van der Waals surface area contributed by atoms with E-state index in [-0.39, 0.29) is 12.1 Å². The zero-order valence-electron chi connectivity index (χ0n) is 12.4. The number of hydrogen-bond acceptors (Lipinski definition) is 6. The van der Waals surface area contributed by atoms with E-state index in [0.29, 0.717) is 19.0 Å². The second kappa shape index (κ2) is 6.05. The smallest absolute Gasteiger partial charge is 0.213 e. The second-order valence-corrected chi connectivity index (χ2v) is 5.00. The summed E-state index contributed by atoms with van der Waals surface area (Å²) in [6, 6.07) is 5.34. The summed E-state index contributed by atoms with van der Waals surface area (Å²) in [6.07, 6.45) is 1.61. The lowest BCUT2D eigenvalue weighted by Crippen LogP contribution is -2.23. The quantitative estimate of drug-likeness (QED) is 0.489. The van der Waals surface area contributed by atoms with Crippen molar-refractivity contribution in [2.45, 2.75) is 12.1 Å². The maximum absolute atomic E-state index is 8.68. The SMILES string of the molecule is COc1ccc2nccc(N3C[C@H](N=[N+]=[N-])[C@@H](OC)C3)c2n1. The van der Waals surface area contributed by atoms with Crippen LogP contribution in [0.1, 0.15) is 0 Å². The minimum Gasteiger partial charge on any atom is -0.481 e. The van der Waals surface area contributed by atoms with Crippen LogP contribution < -0.4 is 9.64 Å². The van der Waals surface area contributed by atoms with E-state index in [0.717, 1.165) is 16.7 Å². The van der Waals surface area contributed by atoms with Gasteiger partial charge in [0.05, 0.1) is 30.5 Å². The Hall–Kier alpha value is -2.57. The largest absolute Gasteiger partial charge is 0.481 e. The lowest BCUT2D eigenvalue weighted by atomic mass is 10.2. The van der Waals surface area contributed by atoms with Gasteiger partial charge in [-0.05, 0) is 17.7 Å². The number of aromatic nitrogens is 2. The molecule has 2 atom stereocenters. The summed E-state index contributed by atoms with van der Waals surface area (Å²) < 4.78 is 10.6. The number of hydrogen-bond donors (Lipinski definition) is 0. The lowest BCUT2D eigenvalue weighted by Gasteiger charge is -2.19. The molecule has 1 aliphatic rings. The first-order chi connectivity index (χ1) is 10.8. The number of pyridine rings is 2. The fourth-order valence-electron chi connectivity index (χ4n) is 2.72. The fraction of sp³-hybridized carbons (Fsp3) is 0.429. The van der Waals surface area contributed by atoms with Crippen molar-refractivity contribution in [2.75, 3.05) is 32.2 Å². The zero-order valence-corrected chi connectivity index (χ0v) is 12.4.